The number of amides is 1. The zero-order valence-corrected chi connectivity index (χ0v) is 16.7. The summed E-state index contributed by atoms with van der Waals surface area (Å²) in [5, 5.41) is 3.45. The highest BCUT2D eigenvalue weighted by molar-refractivity contribution is 5.80. The average Bonchev–Trinajstić information content (AvgIpc) is 3.11. The normalized spacial score (nSPS) is 19.0. The molecule has 2 saturated heterocycles. The van der Waals surface area contributed by atoms with E-state index in [1.165, 1.54) is 24.8 Å². The second kappa shape index (κ2) is 10.3. The van der Waals surface area contributed by atoms with Gasteiger partial charge in [-0.05, 0) is 50.5 Å². The Balaban J connectivity index is 1.43. The molecule has 0 bridgehead atoms. The number of rotatable bonds is 7. The molecule has 2 aliphatic heterocycles. The van der Waals surface area contributed by atoms with E-state index >= 15 is 0 Å². The van der Waals surface area contributed by atoms with Crippen molar-refractivity contribution in [1.82, 2.24) is 15.1 Å². The molecule has 0 radical (unpaired) electrons. The minimum Gasteiger partial charge on any atom is -0.357 e. The van der Waals surface area contributed by atoms with Gasteiger partial charge >= 0.3 is 0 Å². The summed E-state index contributed by atoms with van der Waals surface area (Å²) in [5.41, 5.74) is 1.45. The summed E-state index contributed by atoms with van der Waals surface area (Å²) in [6.45, 7) is 7.74. The van der Waals surface area contributed by atoms with Crippen LogP contribution >= 0.6 is 0 Å². The Morgan fingerprint density at radius 2 is 1.96 bits per heavy atom. The monoisotopic (exact) mass is 370 g/mol. The quantitative estimate of drug-likeness (QED) is 0.456. The Bertz CT molecular complexity index is 608. The van der Waals surface area contributed by atoms with Crippen molar-refractivity contribution in [3.63, 3.8) is 0 Å². The number of hydrogen-bond acceptors (Lipinski definition) is 2. The molecule has 2 heterocycles. The van der Waals surface area contributed by atoms with Gasteiger partial charge in [-0.3, -0.25) is 9.79 Å². The van der Waals surface area contributed by atoms with Crippen molar-refractivity contribution in [1.29, 1.82) is 0 Å². The van der Waals surface area contributed by atoms with Gasteiger partial charge in [0.05, 0.1) is 0 Å². The molecule has 1 N–H and O–H groups in total. The summed E-state index contributed by atoms with van der Waals surface area (Å²) in [7, 11) is 0. The van der Waals surface area contributed by atoms with E-state index in [9.17, 15) is 4.79 Å². The highest BCUT2D eigenvalue weighted by Gasteiger charge is 2.22. The molecule has 0 spiro atoms. The molecule has 0 atom stereocenters. The van der Waals surface area contributed by atoms with Crippen molar-refractivity contribution < 1.29 is 4.79 Å². The predicted octanol–water partition coefficient (Wildman–Crippen LogP) is 2.92. The Morgan fingerprint density at radius 1 is 1.19 bits per heavy atom. The van der Waals surface area contributed by atoms with Crippen LogP contribution in [0.2, 0.25) is 0 Å². The topological polar surface area (TPSA) is 47.9 Å². The van der Waals surface area contributed by atoms with Gasteiger partial charge < -0.3 is 15.1 Å². The van der Waals surface area contributed by atoms with Crippen molar-refractivity contribution in [2.24, 2.45) is 10.9 Å². The summed E-state index contributed by atoms with van der Waals surface area (Å²) >= 11 is 0. The second-order valence-electron chi connectivity index (χ2n) is 7.69. The number of likely N-dealkylation sites (tertiary alicyclic amines) is 2. The Hall–Kier alpha value is -2.04. The van der Waals surface area contributed by atoms with Crippen molar-refractivity contribution in [2.45, 2.75) is 45.4 Å². The molecule has 0 aromatic heterocycles. The van der Waals surface area contributed by atoms with Crippen LogP contribution < -0.4 is 5.32 Å². The summed E-state index contributed by atoms with van der Waals surface area (Å²) in [5.74, 6) is 2.13. The lowest BCUT2D eigenvalue weighted by molar-refractivity contribution is -0.127. The van der Waals surface area contributed by atoms with Gasteiger partial charge in [0.2, 0.25) is 5.91 Å². The average molecular weight is 371 g/mol. The molecule has 1 amide bonds. The van der Waals surface area contributed by atoms with Gasteiger partial charge in [-0.25, -0.2) is 0 Å². The number of piperidine rings is 1. The first-order valence-electron chi connectivity index (χ1n) is 10.6. The number of hydrogen-bond donors (Lipinski definition) is 1. The summed E-state index contributed by atoms with van der Waals surface area (Å²) in [4.78, 5) is 20.9. The first-order chi connectivity index (χ1) is 13.3. The van der Waals surface area contributed by atoms with Crippen LogP contribution in [0.3, 0.4) is 0 Å². The minimum atomic E-state index is 0.311. The molecule has 2 aliphatic rings. The fourth-order valence-electron chi connectivity index (χ4n) is 4.11. The second-order valence-corrected chi connectivity index (χ2v) is 7.69. The lowest BCUT2D eigenvalue weighted by Gasteiger charge is -2.34. The third-order valence-electron chi connectivity index (χ3n) is 5.64. The third-order valence-corrected chi connectivity index (χ3v) is 5.64. The fraction of sp³-hybridized carbons (Fsp3) is 0.636. The molecule has 0 unspecified atom stereocenters. The highest BCUT2D eigenvalue weighted by Crippen LogP contribution is 2.21. The maximum absolute atomic E-state index is 11.7. The number of benzene rings is 1. The maximum atomic E-state index is 11.7. The molecule has 2 fully saturated rings. The molecule has 148 valence electrons. The molecule has 1 aromatic carbocycles. The standard InChI is InChI=1S/C22H34N4O/c1-2-23-22(24-13-7-15-25-14-6-10-21(25)27)26-16-11-20(12-17-26)18-19-8-4-3-5-9-19/h3-5,8-9,20H,2,6-7,10-18H2,1H3,(H,23,24). The smallest absolute Gasteiger partial charge is 0.222 e. The van der Waals surface area contributed by atoms with E-state index in [1.807, 2.05) is 4.90 Å². The Morgan fingerprint density at radius 3 is 2.63 bits per heavy atom. The number of nitrogens with one attached hydrogen (secondary N) is 1. The summed E-state index contributed by atoms with van der Waals surface area (Å²) in [6.07, 6.45) is 6.33. The Kier molecular flexibility index (Phi) is 7.55. The van der Waals surface area contributed by atoms with Gasteiger partial charge in [0.15, 0.2) is 5.96 Å². The summed E-state index contributed by atoms with van der Waals surface area (Å²) in [6, 6.07) is 10.8. The van der Waals surface area contributed by atoms with Crippen LogP contribution in [0.1, 0.15) is 44.6 Å². The van der Waals surface area contributed by atoms with Gasteiger partial charge in [-0.15, -0.1) is 0 Å². The van der Waals surface area contributed by atoms with Crippen LogP contribution in [0.15, 0.2) is 35.3 Å². The van der Waals surface area contributed by atoms with E-state index in [2.05, 4.69) is 47.5 Å². The molecule has 0 saturated carbocycles. The van der Waals surface area contributed by atoms with E-state index in [4.69, 9.17) is 4.99 Å². The van der Waals surface area contributed by atoms with Crippen molar-refractivity contribution in [3.05, 3.63) is 35.9 Å². The molecule has 3 rings (SSSR count). The van der Waals surface area contributed by atoms with Crippen LogP contribution in [0.4, 0.5) is 0 Å². The summed E-state index contributed by atoms with van der Waals surface area (Å²) < 4.78 is 0. The van der Waals surface area contributed by atoms with E-state index < -0.39 is 0 Å². The van der Waals surface area contributed by atoms with E-state index in [-0.39, 0.29) is 0 Å². The van der Waals surface area contributed by atoms with Gasteiger partial charge in [0, 0.05) is 45.7 Å². The number of carbonyl (C=O) groups is 1. The Labute approximate surface area is 163 Å². The SMILES string of the molecule is CCNC(=NCCCN1CCCC1=O)N1CCC(Cc2ccccc2)CC1. The number of guanidine groups is 1. The van der Waals surface area contributed by atoms with E-state index in [0.29, 0.717) is 5.91 Å². The first-order valence-corrected chi connectivity index (χ1v) is 10.6. The zero-order valence-electron chi connectivity index (χ0n) is 16.7. The zero-order chi connectivity index (χ0) is 18.9. The van der Waals surface area contributed by atoms with E-state index in [0.717, 1.165) is 70.4 Å². The van der Waals surface area contributed by atoms with Gasteiger partial charge in [-0.2, -0.15) is 0 Å². The fourth-order valence-corrected chi connectivity index (χ4v) is 4.11. The molecular formula is C22H34N4O. The molecular weight excluding hydrogens is 336 g/mol. The van der Waals surface area contributed by atoms with Crippen LogP contribution in [-0.4, -0.2) is 60.9 Å². The van der Waals surface area contributed by atoms with Crippen LogP contribution in [0.25, 0.3) is 0 Å². The van der Waals surface area contributed by atoms with Crippen LogP contribution in [0.5, 0.6) is 0 Å². The highest BCUT2D eigenvalue weighted by atomic mass is 16.2. The van der Waals surface area contributed by atoms with Crippen molar-refractivity contribution >= 4 is 11.9 Å². The molecule has 5 nitrogen and oxygen atoms in total. The maximum Gasteiger partial charge on any atom is 0.222 e. The van der Waals surface area contributed by atoms with Crippen molar-refractivity contribution in [2.75, 3.05) is 39.3 Å². The molecule has 27 heavy (non-hydrogen) atoms. The molecule has 5 heteroatoms. The number of aliphatic imine (C=N–C) groups is 1. The van der Waals surface area contributed by atoms with Gasteiger partial charge in [0.25, 0.3) is 0 Å². The number of nitrogens with zero attached hydrogens (tertiary/aromatic N) is 3. The van der Waals surface area contributed by atoms with Gasteiger partial charge in [0.1, 0.15) is 0 Å². The van der Waals surface area contributed by atoms with Crippen LogP contribution in [-0.2, 0) is 11.2 Å². The lowest BCUT2D eigenvalue weighted by atomic mass is 9.90. The third kappa shape index (κ3) is 5.98. The van der Waals surface area contributed by atoms with E-state index in [1.54, 1.807) is 0 Å². The minimum absolute atomic E-state index is 0.311. The molecule has 0 aliphatic carbocycles. The lowest BCUT2D eigenvalue weighted by Crippen LogP contribution is -2.46. The first kappa shape index (κ1) is 19.7. The van der Waals surface area contributed by atoms with Crippen LogP contribution in [0, 0.1) is 5.92 Å². The number of carbonyl (C=O) groups excluding carboxylic acids is 1. The van der Waals surface area contributed by atoms with Gasteiger partial charge in [-0.1, -0.05) is 30.3 Å². The molecule has 1 aromatic rings. The largest absolute Gasteiger partial charge is 0.357 e. The predicted molar refractivity (Wildman–Crippen MR) is 111 cm³/mol. The van der Waals surface area contributed by atoms with Crippen molar-refractivity contribution in [3.8, 4) is 0 Å².